The molecule has 4 atom stereocenters. The maximum Gasteiger partial charge on any atom is 0.110 e. The van der Waals surface area contributed by atoms with Crippen molar-refractivity contribution in [1.29, 1.82) is 0 Å². The molecule has 45 heavy (non-hydrogen) atoms. The largest absolute Gasteiger partial charge is 0.379 e. The van der Waals surface area contributed by atoms with Crippen molar-refractivity contribution in [2.75, 3.05) is 79.3 Å². The second kappa shape index (κ2) is 27.9. The molecule has 10 nitrogen and oxygen atoms in total. The van der Waals surface area contributed by atoms with Crippen molar-refractivity contribution in [2.24, 2.45) is 0 Å². The zero-order valence-electron chi connectivity index (χ0n) is 28.7. The van der Waals surface area contributed by atoms with Crippen molar-refractivity contribution < 1.29 is 42.6 Å². The van der Waals surface area contributed by atoms with E-state index in [1.807, 2.05) is 18.2 Å². The summed E-state index contributed by atoms with van der Waals surface area (Å²) in [5.41, 5.74) is 1.63. The molecule has 10 heteroatoms. The standard InChI is InChI=1S/C35H63NO9/c1-5-9-16-38-26-32-34(28-40-18-11-7-3)44-24-30-14-13-15-31(36-30)25-45-35(29-41-19-12-8-4)33(27-39-17-10-6-2)43-23-21-37-20-22-42-32/h13-15,32-35H,5-12,16-29H2,1-4H3/t32-,33-,34-,35-/m0/s1. The van der Waals surface area contributed by atoms with Crippen molar-refractivity contribution in [3.8, 4) is 0 Å². The van der Waals surface area contributed by atoms with Crippen LogP contribution in [0.1, 0.15) is 90.4 Å². The fourth-order valence-electron chi connectivity index (χ4n) is 4.53. The number of ether oxygens (including phenoxy) is 9. The Hall–Kier alpha value is -1.21. The van der Waals surface area contributed by atoms with Gasteiger partial charge in [0.05, 0.1) is 77.5 Å². The lowest BCUT2D eigenvalue weighted by molar-refractivity contribution is -0.147. The molecule has 0 N–H and O–H groups in total. The van der Waals surface area contributed by atoms with E-state index in [1.54, 1.807) is 0 Å². The van der Waals surface area contributed by atoms with E-state index in [0.29, 0.717) is 92.5 Å². The van der Waals surface area contributed by atoms with Crippen LogP contribution in [0.25, 0.3) is 0 Å². The summed E-state index contributed by atoms with van der Waals surface area (Å²) in [4.78, 5) is 4.85. The van der Waals surface area contributed by atoms with Gasteiger partial charge in [-0.1, -0.05) is 59.4 Å². The maximum atomic E-state index is 6.42. The van der Waals surface area contributed by atoms with Gasteiger partial charge in [-0.2, -0.15) is 0 Å². The molecule has 2 bridgehead atoms. The highest BCUT2D eigenvalue weighted by Crippen LogP contribution is 2.15. The summed E-state index contributed by atoms with van der Waals surface area (Å²) in [6.07, 6.45) is 7.08. The third kappa shape index (κ3) is 19.3. The van der Waals surface area contributed by atoms with E-state index in [1.165, 1.54) is 0 Å². The number of hydrogen-bond donors (Lipinski definition) is 0. The second-order valence-corrected chi connectivity index (χ2v) is 11.5. The number of unbranched alkanes of at least 4 members (excludes halogenated alkanes) is 4. The predicted molar refractivity (Wildman–Crippen MR) is 175 cm³/mol. The van der Waals surface area contributed by atoms with Crippen molar-refractivity contribution >= 4 is 0 Å². The first-order valence-corrected chi connectivity index (χ1v) is 17.5. The number of aromatic nitrogens is 1. The minimum Gasteiger partial charge on any atom is -0.379 e. The smallest absolute Gasteiger partial charge is 0.110 e. The highest BCUT2D eigenvalue weighted by Gasteiger charge is 2.26. The van der Waals surface area contributed by atoms with Crippen molar-refractivity contribution in [2.45, 2.75) is 117 Å². The first-order valence-electron chi connectivity index (χ1n) is 17.5. The van der Waals surface area contributed by atoms with E-state index in [0.717, 1.165) is 62.8 Å². The Morgan fingerprint density at radius 2 is 0.889 bits per heavy atom. The molecule has 0 fully saturated rings. The van der Waals surface area contributed by atoms with Crippen LogP contribution in [0.2, 0.25) is 0 Å². The summed E-state index contributed by atoms with van der Waals surface area (Å²) in [7, 11) is 0. The minimum absolute atomic E-state index is 0.299. The van der Waals surface area contributed by atoms with E-state index in [4.69, 9.17) is 47.6 Å². The average molecular weight is 642 g/mol. The van der Waals surface area contributed by atoms with E-state index in [2.05, 4.69) is 27.7 Å². The lowest BCUT2D eigenvalue weighted by atomic mass is 10.2. The van der Waals surface area contributed by atoms with Crippen LogP contribution >= 0.6 is 0 Å². The molecule has 1 aliphatic rings. The monoisotopic (exact) mass is 641 g/mol. The van der Waals surface area contributed by atoms with Crippen LogP contribution in [0.5, 0.6) is 0 Å². The van der Waals surface area contributed by atoms with E-state index >= 15 is 0 Å². The topological polar surface area (TPSA) is 96.0 Å². The molecule has 0 saturated carbocycles. The molecule has 0 aliphatic carbocycles. The van der Waals surface area contributed by atoms with Crippen LogP contribution in [-0.4, -0.2) is 109 Å². The summed E-state index contributed by atoms with van der Waals surface area (Å²) in [6.45, 7) is 15.3. The van der Waals surface area contributed by atoms with Gasteiger partial charge in [0, 0.05) is 26.4 Å². The summed E-state index contributed by atoms with van der Waals surface area (Å²) >= 11 is 0. The van der Waals surface area contributed by atoms with Gasteiger partial charge in [0.1, 0.15) is 24.4 Å². The molecule has 0 saturated heterocycles. The summed E-state index contributed by atoms with van der Waals surface area (Å²) in [5.74, 6) is 0. The normalized spacial score (nSPS) is 22.6. The molecular weight excluding hydrogens is 578 g/mol. The van der Waals surface area contributed by atoms with Gasteiger partial charge >= 0.3 is 0 Å². The highest BCUT2D eigenvalue weighted by atomic mass is 16.6. The van der Waals surface area contributed by atoms with Gasteiger partial charge in [0.2, 0.25) is 0 Å². The minimum atomic E-state index is -0.314. The quantitative estimate of drug-likeness (QED) is 0.160. The molecule has 2 heterocycles. The van der Waals surface area contributed by atoms with Gasteiger partial charge < -0.3 is 42.6 Å². The summed E-state index contributed by atoms with van der Waals surface area (Å²) in [5, 5.41) is 0. The molecular formula is C35H63NO9. The fourth-order valence-corrected chi connectivity index (χ4v) is 4.53. The van der Waals surface area contributed by atoms with E-state index in [9.17, 15) is 0 Å². The Morgan fingerprint density at radius 1 is 0.533 bits per heavy atom. The molecule has 1 aromatic rings. The summed E-state index contributed by atoms with van der Waals surface area (Å²) in [6, 6.07) is 5.93. The molecule has 1 aliphatic heterocycles. The molecule has 0 spiro atoms. The number of fused-ring (bicyclic) bond motifs is 2. The highest BCUT2D eigenvalue weighted by molar-refractivity contribution is 5.10. The molecule has 0 radical (unpaired) electrons. The van der Waals surface area contributed by atoms with Crippen LogP contribution in [0, 0.1) is 0 Å². The second-order valence-electron chi connectivity index (χ2n) is 11.5. The molecule has 1 aromatic heterocycles. The van der Waals surface area contributed by atoms with Gasteiger partial charge in [0.15, 0.2) is 0 Å². The lowest BCUT2D eigenvalue weighted by Crippen LogP contribution is -2.40. The maximum absolute atomic E-state index is 6.42. The SMILES string of the molecule is CCCCOC[C@@H]1OCCOCCO[C@@H](COCCCC)[C@H](COCCCC)OCc2cccc(n2)CO[C@H]1COCCCC. The third-order valence-electron chi connectivity index (χ3n) is 7.40. The Kier molecular flexibility index (Phi) is 24.7. The van der Waals surface area contributed by atoms with Crippen LogP contribution in [0.3, 0.4) is 0 Å². The molecule has 262 valence electrons. The van der Waals surface area contributed by atoms with Crippen LogP contribution in [0.15, 0.2) is 18.2 Å². The van der Waals surface area contributed by atoms with Gasteiger partial charge in [0.25, 0.3) is 0 Å². The molecule has 2 rings (SSSR count). The summed E-state index contributed by atoms with van der Waals surface area (Å²) < 4.78 is 55.3. The average Bonchev–Trinajstić information content (AvgIpc) is 3.05. The van der Waals surface area contributed by atoms with Crippen molar-refractivity contribution in [1.82, 2.24) is 4.98 Å². The first-order chi connectivity index (χ1) is 22.2. The Morgan fingerprint density at radius 3 is 1.24 bits per heavy atom. The first kappa shape index (κ1) is 40.0. The van der Waals surface area contributed by atoms with Crippen LogP contribution < -0.4 is 0 Å². The Labute approximate surface area is 273 Å². The Balaban J connectivity index is 2.19. The number of hydrogen-bond acceptors (Lipinski definition) is 10. The van der Waals surface area contributed by atoms with E-state index in [-0.39, 0.29) is 24.4 Å². The Bertz CT molecular complexity index is 743. The predicted octanol–water partition coefficient (Wildman–Crippen LogP) is 5.92. The molecule has 0 aromatic carbocycles. The zero-order valence-corrected chi connectivity index (χ0v) is 28.7. The number of rotatable bonds is 20. The fraction of sp³-hybridized carbons (Fsp3) is 0.857. The van der Waals surface area contributed by atoms with Gasteiger partial charge in [-0.25, -0.2) is 0 Å². The lowest BCUT2D eigenvalue weighted by Gasteiger charge is -2.28. The van der Waals surface area contributed by atoms with Crippen LogP contribution in [0.4, 0.5) is 0 Å². The van der Waals surface area contributed by atoms with Crippen molar-refractivity contribution in [3.05, 3.63) is 29.6 Å². The van der Waals surface area contributed by atoms with E-state index < -0.39 is 0 Å². The van der Waals surface area contributed by atoms with Crippen LogP contribution in [-0.2, 0) is 55.8 Å². The van der Waals surface area contributed by atoms with Gasteiger partial charge in [-0.15, -0.1) is 0 Å². The zero-order chi connectivity index (χ0) is 32.2. The van der Waals surface area contributed by atoms with Gasteiger partial charge in [-0.05, 0) is 37.8 Å². The third-order valence-corrected chi connectivity index (χ3v) is 7.40. The van der Waals surface area contributed by atoms with Gasteiger partial charge in [-0.3, -0.25) is 4.98 Å². The molecule has 0 amide bonds. The van der Waals surface area contributed by atoms with Crippen molar-refractivity contribution in [3.63, 3.8) is 0 Å². The number of pyridine rings is 1. The number of nitrogens with zero attached hydrogens (tertiary/aromatic N) is 1. The molecule has 0 unspecified atom stereocenters.